The molecule has 0 aliphatic carbocycles. The van der Waals surface area contributed by atoms with Gasteiger partial charge in [0.15, 0.2) is 0 Å². The number of hydrogen-bond donors (Lipinski definition) is 4. The quantitative estimate of drug-likeness (QED) is 0.217. The van der Waals surface area contributed by atoms with Gasteiger partial charge in [0.1, 0.15) is 12.4 Å². The summed E-state index contributed by atoms with van der Waals surface area (Å²) in [4.78, 5) is 37.0. The van der Waals surface area contributed by atoms with Gasteiger partial charge in [0.05, 0.1) is 25.0 Å². The van der Waals surface area contributed by atoms with Crippen molar-refractivity contribution >= 4 is 28.6 Å². The first-order chi connectivity index (χ1) is 18.3. The van der Waals surface area contributed by atoms with Crippen molar-refractivity contribution in [3.63, 3.8) is 0 Å². The number of carbonyl (C=O) groups is 2. The lowest BCUT2D eigenvalue weighted by atomic mass is 10.1. The number of nitrogens with zero attached hydrogens (tertiary/aromatic N) is 2. The number of ether oxygens (including phenoxy) is 1. The Morgan fingerprint density at radius 1 is 1.03 bits per heavy atom. The zero-order valence-corrected chi connectivity index (χ0v) is 22.8. The van der Waals surface area contributed by atoms with Crippen LogP contribution in [0, 0.1) is 0 Å². The van der Waals surface area contributed by atoms with Crippen LogP contribution in [-0.2, 0) is 9.53 Å². The van der Waals surface area contributed by atoms with Crippen molar-refractivity contribution < 1.29 is 14.3 Å². The Morgan fingerprint density at radius 2 is 1.68 bits per heavy atom. The summed E-state index contributed by atoms with van der Waals surface area (Å²) in [7, 11) is 1.26. The number of methoxy groups -OCH3 is 1. The van der Waals surface area contributed by atoms with E-state index in [1.165, 1.54) is 13.5 Å². The fourth-order valence-corrected chi connectivity index (χ4v) is 4.08. The van der Waals surface area contributed by atoms with Crippen LogP contribution in [0.15, 0.2) is 54.7 Å². The fraction of sp³-hybridized carbons (Fsp3) is 0.345. The summed E-state index contributed by atoms with van der Waals surface area (Å²) in [5, 5.41) is 3.52. The number of aromatic nitrogens is 3. The number of fused-ring (bicyclic) bond motifs is 1. The van der Waals surface area contributed by atoms with Gasteiger partial charge in [0.25, 0.3) is 0 Å². The fourth-order valence-electron chi connectivity index (χ4n) is 4.08. The molecule has 0 unspecified atom stereocenters. The summed E-state index contributed by atoms with van der Waals surface area (Å²) in [6.07, 6.45) is 3.17. The van der Waals surface area contributed by atoms with Gasteiger partial charge < -0.3 is 30.7 Å². The van der Waals surface area contributed by atoms with Gasteiger partial charge in [-0.25, -0.2) is 9.78 Å². The van der Waals surface area contributed by atoms with E-state index in [2.05, 4.69) is 57.1 Å². The van der Waals surface area contributed by atoms with Crippen molar-refractivity contribution in [1.82, 2.24) is 25.2 Å². The molecular formula is C29H38N6O3. The first kappa shape index (κ1) is 28.3. The number of carbonyl (C=O) groups excluding carboxylic acids is 2. The van der Waals surface area contributed by atoms with Crippen LogP contribution in [0.2, 0.25) is 0 Å². The molecule has 2 heterocycles. The third kappa shape index (κ3) is 6.94. The molecule has 2 amide bonds. The Kier molecular flexibility index (Phi) is 9.92. The van der Waals surface area contributed by atoms with Crippen molar-refractivity contribution in [1.29, 1.82) is 0 Å². The molecule has 2 aromatic carbocycles. The normalized spacial score (nSPS) is 11.4. The van der Waals surface area contributed by atoms with E-state index in [0.717, 1.165) is 45.5 Å². The van der Waals surface area contributed by atoms with Gasteiger partial charge in [0.2, 0.25) is 5.91 Å². The molecule has 9 nitrogen and oxygen atoms in total. The molecule has 0 saturated heterocycles. The predicted octanol–water partition coefficient (Wildman–Crippen LogP) is 5.88. The highest BCUT2D eigenvalue weighted by Crippen LogP contribution is 2.28. The molecule has 2 aromatic heterocycles. The second-order valence-corrected chi connectivity index (χ2v) is 9.10. The number of amides is 2. The lowest BCUT2D eigenvalue weighted by Crippen LogP contribution is -2.42. The summed E-state index contributed by atoms with van der Waals surface area (Å²) >= 11 is 0. The zero-order valence-electron chi connectivity index (χ0n) is 22.8. The molecule has 202 valence electrons. The second-order valence-electron chi connectivity index (χ2n) is 9.10. The number of nitrogens with two attached hydrogens (primary N) is 1. The summed E-state index contributed by atoms with van der Waals surface area (Å²) in [6.45, 7) is 8.58. The summed E-state index contributed by atoms with van der Waals surface area (Å²) < 4.78 is 4.55. The highest BCUT2D eigenvalue weighted by molar-refractivity contribution is 5.88. The monoisotopic (exact) mass is 518 g/mol. The maximum Gasteiger partial charge on any atom is 0.407 e. The van der Waals surface area contributed by atoms with Crippen LogP contribution in [0.4, 0.5) is 10.5 Å². The summed E-state index contributed by atoms with van der Waals surface area (Å²) in [6, 6.07) is 15.8. The standard InChI is InChI=1S/C26H30N6O3.C3H8/c1-4-11-32(24(33)15-29-26(34)35-3)16(2)25-28-14-23(31-25)18-7-5-17(6-8-18)22-13-19-12-20(27)9-10-21(19)30-22;1-3-2/h5-10,12-14,16,30H,4,11,15,27H2,1-3H3,(H,28,31)(H,29,34);3H2,1-2H3/t16-;/m1./s1. The summed E-state index contributed by atoms with van der Waals surface area (Å²) in [5.74, 6) is 0.476. The first-order valence-electron chi connectivity index (χ1n) is 13.0. The van der Waals surface area contributed by atoms with Gasteiger partial charge in [-0.3, -0.25) is 4.79 Å². The lowest BCUT2D eigenvalue weighted by molar-refractivity contribution is -0.132. The molecule has 0 spiro atoms. The molecule has 0 bridgehead atoms. The predicted molar refractivity (Wildman–Crippen MR) is 153 cm³/mol. The first-order valence-corrected chi connectivity index (χ1v) is 13.0. The molecule has 4 aromatic rings. The van der Waals surface area contributed by atoms with Crippen LogP contribution in [0.3, 0.4) is 0 Å². The molecule has 9 heteroatoms. The van der Waals surface area contributed by atoms with E-state index in [-0.39, 0.29) is 18.5 Å². The number of aromatic amines is 2. The third-order valence-electron chi connectivity index (χ3n) is 5.96. The molecule has 1 atom stereocenters. The molecule has 0 radical (unpaired) electrons. The van der Waals surface area contributed by atoms with Crippen molar-refractivity contribution in [2.45, 2.75) is 46.6 Å². The van der Waals surface area contributed by atoms with E-state index in [4.69, 9.17) is 5.73 Å². The minimum Gasteiger partial charge on any atom is -0.453 e. The van der Waals surface area contributed by atoms with Crippen LogP contribution >= 0.6 is 0 Å². The van der Waals surface area contributed by atoms with Crippen molar-refractivity contribution in [2.24, 2.45) is 0 Å². The number of nitrogen functional groups attached to an aromatic ring is 1. The molecule has 5 N–H and O–H groups in total. The molecule has 0 saturated carbocycles. The van der Waals surface area contributed by atoms with Crippen LogP contribution in [-0.4, -0.2) is 52.1 Å². The molecule has 0 fully saturated rings. The zero-order chi connectivity index (χ0) is 27.7. The minimum atomic E-state index is -0.636. The molecular weight excluding hydrogens is 480 g/mol. The average molecular weight is 519 g/mol. The van der Waals surface area contributed by atoms with Crippen molar-refractivity contribution in [3.8, 4) is 22.5 Å². The van der Waals surface area contributed by atoms with Crippen LogP contribution in [0.5, 0.6) is 0 Å². The highest BCUT2D eigenvalue weighted by Gasteiger charge is 2.23. The Morgan fingerprint density at radius 3 is 2.32 bits per heavy atom. The molecule has 0 aliphatic rings. The number of anilines is 1. The smallest absolute Gasteiger partial charge is 0.407 e. The SMILES string of the molecule is CCC.CCCN(C(=O)CNC(=O)OC)[C@H](C)c1ncc(-c2ccc(-c3cc4cc(N)ccc4[nH]3)cc2)[nH]1. The van der Waals surface area contributed by atoms with E-state index in [1.54, 1.807) is 11.1 Å². The molecule has 0 aliphatic heterocycles. The van der Waals surface area contributed by atoms with E-state index >= 15 is 0 Å². The van der Waals surface area contributed by atoms with Crippen molar-refractivity contribution in [3.05, 3.63) is 60.6 Å². The van der Waals surface area contributed by atoms with Crippen LogP contribution in [0.25, 0.3) is 33.4 Å². The van der Waals surface area contributed by atoms with Gasteiger partial charge in [-0.15, -0.1) is 0 Å². The topological polar surface area (TPSA) is 129 Å². The number of hydrogen-bond acceptors (Lipinski definition) is 5. The van der Waals surface area contributed by atoms with E-state index in [9.17, 15) is 9.59 Å². The Labute approximate surface area is 223 Å². The third-order valence-corrected chi connectivity index (χ3v) is 5.96. The molecule has 38 heavy (non-hydrogen) atoms. The Balaban J connectivity index is 0.00000127. The number of nitrogens with one attached hydrogen (secondary N) is 3. The van der Waals surface area contributed by atoms with E-state index < -0.39 is 6.09 Å². The highest BCUT2D eigenvalue weighted by atomic mass is 16.5. The number of H-pyrrole nitrogens is 2. The van der Waals surface area contributed by atoms with Crippen molar-refractivity contribution in [2.75, 3.05) is 25.9 Å². The van der Waals surface area contributed by atoms with Gasteiger partial charge in [0, 0.05) is 28.8 Å². The van der Waals surface area contributed by atoms with Crippen LogP contribution < -0.4 is 11.1 Å². The minimum absolute atomic E-state index is 0.133. The summed E-state index contributed by atoms with van der Waals surface area (Å²) in [5.41, 5.74) is 11.6. The average Bonchev–Trinajstić information content (AvgIpc) is 3.58. The number of benzene rings is 2. The van der Waals surface area contributed by atoms with Gasteiger partial charge in [-0.2, -0.15) is 0 Å². The number of rotatable bonds is 8. The van der Waals surface area contributed by atoms with Gasteiger partial charge in [-0.05, 0) is 48.7 Å². The van der Waals surface area contributed by atoms with E-state index in [0.29, 0.717) is 12.4 Å². The maximum absolute atomic E-state index is 12.7. The van der Waals surface area contributed by atoms with Gasteiger partial charge >= 0.3 is 6.09 Å². The van der Waals surface area contributed by atoms with Gasteiger partial charge in [-0.1, -0.05) is 51.5 Å². The van der Waals surface area contributed by atoms with E-state index in [1.807, 2.05) is 44.2 Å². The van der Waals surface area contributed by atoms with Crippen LogP contribution in [0.1, 0.15) is 52.4 Å². The Hall–Kier alpha value is -4.27. The largest absolute Gasteiger partial charge is 0.453 e. The maximum atomic E-state index is 12.7. The number of alkyl carbamates (subject to hydrolysis) is 1. The molecule has 4 rings (SSSR count). The second kappa shape index (κ2) is 13.3. The lowest BCUT2D eigenvalue weighted by Gasteiger charge is -2.27. The number of imidazole rings is 1. The Bertz CT molecular complexity index is 1340.